The Morgan fingerprint density at radius 2 is 1.92 bits per heavy atom. The highest BCUT2D eigenvalue weighted by atomic mass is 16.5. The first-order chi connectivity index (χ1) is 17.9. The van der Waals surface area contributed by atoms with Crippen LogP contribution in [0.4, 0.5) is 5.69 Å². The number of aliphatic imine (C=N–C) groups is 1. The van der Waals surface area contributed by atoms with E-state index in [0.717, 1.165) is 74.2 Å². The van der Waals surface area contributed by atoms with E-state index in [0.29, 0.717) is 12.5 Å². The molecule has 204 valence electrons. The number of rotatable bonds is 12. The first-order valence-electron chi connectivity index (χ1n) is 13.5. The van der Waals surface area contributed by atoms with E-state index in [1.54, 1.807) is 20.2 Å². The molecule has 1 N–H and O–H groups in total. The molecule has 1 amide bonds. The zero-order valence-corrected chi connectivity index (χ0v) is 23.2. The van der Waals surface area contributed by atoms with Crippen LogP contribution in [-0.2, 0) is 4.79 Å². The number of nitrogens with one attached hydrogen (secondary N) is 1. The Kier molecular flexibility index (Phi) is 11.3. The van der Waals surface area contributed by atoms with Gasteiger partial charge in [-0.25, -0.2) is 4.99 Å². The van der Waals surface area contributed by atoms with Crippen molar-refractivity contribution in [2.24, 2.45) is 10.9 Å². The first kappa shape index (κ1) is 28.6. The summed E-state index contributed by atoms with van der Waals surface area (Å²) in [5, 5.41) is 3.33. The van der Waals surface area contributed by atoms with Crippen molar-refractivity contribution in [2.45, 2.75) is 46.0 Å². The Morgan fingerprint density at radius 3 is 2.59 bits per heavy atom. The minimum absolute atomic E-state index is 0.173. The number of piperidine rings is 1. The summed E-state index contributed by atoms with van der Waals surface area (Å²) < 4.78 is 11.5. The number of ether oxygens (including phenoxy) is 2. The molecule has 2 aliphatic rings. The van der Waals surface area contributed by atoms with Gasteiger partial charge in [0.2, 0.25) is 5.91 Å². The lowest BCUT2D eigenvalue weighted by atomic mass is 9.96. The third-order valence-electron chi connectivity index (χ3n) is 7.18. The molecule has 0 atom stereocenters. The third kappa shape index (κ3) is 9.43. The van der Waals surface area contributed by atoms with E-state index in [1.165, 1.54) is 25.9 Å². The van der Waals surface area contributed by atoms with E-state index in [9.17, 15) is 4.79 Å². The molecule has 37 heavy (non-hydrogen) atoms. The molecule has 1 aromatic carbocycles. The largest absolute Gasteiger partial charge is 0.493 e. The number of carbonyl (C=O) groups excluding carboxylic acids is 1. The standard InChI is InChI=1S/C29H45N5O3/c1-23(32(4)22-26-12-18-34(19-13-26)25(3)35)11-14-30-24(2)31-27-9-10-28(36-5)29(21-27)37-20-8-17-33-15-6-7-16-33/h9-11,14,21,26H,1,6-8,12-13,15-20,22H2,2-5H3,(H,30,31)/b14-11-. The molecule has 0 aliphatic carbocycles. The van der Waals surface area contributed by atoms with Gasteiger partial charge in [0.25, 0.3) is 0 Å². The normalized spacial score (nSPS) is 17.3. The Bertz CT molecular complexity index is 947. The van der Waals surface area contributed by atoms with Crippen LogP contribution in [0.3, 0.4) is 0 Å². The zero-order valence-electron chi connectivity index (χ0n) is 23.2. The molecule has 8 nitrogen and oxygen atoms in total. The fourth-order valence-electron chi connectivity index (χ4n) is 4.88. The first-order valence-corrected chi connectivity index (χ1v) is 13.5. The van der Waals surface area contributed by atoms with Crippen LogP contribution in [0.15, 0.2) is 47.7 Å². The molecule has 2 saturated heterocycles. The van der Waals surface area contributed by atoms with Crippen molar-refractivity contribution in [3.05, 3.63) is 42.8 Å². The molecule has 2 aliphatic heterocycles. The topological polar surface area (TPSA) is 69.6 Å². The highest BCUT2D eigenvalue weighted by molar-refractivity contribution is 5.94. The highest BCUT2D eigenvalue weighted by Crippen LogP contribution is 2.30. The maximum absolute atomic E-state index is 11.5. The van der Waals surface area contributed by atoms with Gasteiger partial charge in [-0.1, -0.05) is 6.58 Å². The number of allylic oxidation sites excluding steroid dienone is 1. The number of methoxy groups -OCH3 is 1. The molecule has 1 aromatic rings. The van der Waals surface area contributed by atoms with Gasteiger partial charge in [-0.15, -0.1) is 0 Å². The number of hydrogen-bond acceptors (Lipinski definition) is 6. The summed E-state index contributed by atoms with van der Waals surface area (Å²) >= 11 is 0. The lowest BCUT2D eigenvalue weighted by molar-refractivity contribution is -0.130. The average Bonchev–Trinajstić information content (AvgIpc) is 3.40. The molecule has 0 unspecified atom stereocenters. The summed E-state index contributed by atoms with van der Waals surface area (Å²) in [5.41, 5.74) is 1.82. The van der Waals surface area contributed by atoms with Gasteiger partial charge in [0, 0.05) is 63.8 Å². The molecule has 0 saturated carbocycles. The van der Waals surface area contributed by atoms with E-state index in [-0.39, 0.29) is 5.91 Å². The minimum Gasteiger partial charge on any atom is -0.493 e. The second-order valence-electron chi connectivity index (χ2n) is 10.1. The number of hydrogen-bond donors (Lipinski definition) is 1. The molecule has 0 bridgehead atoms. The Balaban J connectivity index is 1.44. The molecule has 2 heterocycles. The van der Waals surface area contributed by atoms with Crippen LogP contribution in [0.2, 0.25) is 0 Å². The van der Waals surface area contributed by atoms with Crippen LogP contribution in [0.1, 0.15) is 46.0 Å². The summed E-state index contributed by atoms with van der Waals surface area (Å²) in [6, 6.07) is 5.84. The van der Waals surface area contributed by atoms with E-state index in [4.69, 9.17) is 9.47 Å². The molecular formula is C29H45N5O3. The summed E-state index contributed by atoms with van der Waals surface area (Å²) in [4.78, 5) is 22.6. The van der Waals surface area contributed by atoms with Crippen LogP contribution >= 0.6 is 0 Å². The van der Waals surface area contributed by atoms with Gasteiger partial charge in [-0.05, 0) is 76.2 Å². The van der Waals surface area contributed by atoms with Crippen LogP contribution < -0.4 is 14.8 Å². The lowest BCUT2D eigenvalue weighted by Gasteiger charge is -2.34. The van der Waals surface area contributed by atoms with Crippen molar-refractivity contribution in [3.8, 4) is 11.5 Å². The Hall–Kier alpha value is -3.00. The number of nitrogens with zero attached hydrogens (tertiary/aromatic N) is 4. The van der Waals surface area contributed by atoms with Gasteiger partial charge in [-0.3, -0.25) is 4.79 Å². The number of amides is 1. The Morgan fingerprint density at radius 1 is 1.19 bits per heavy atom. The van der Waals surface area contributed by atoms with Crippen molar-refractivity contribution in [2.75, 3.05) is 65.3 Å². The summed E-state index contributed by atoms with van der Waals surface area (Å²) in [6.07, 6.45) is 9.40. The maximum atomic E-state index is 11.5. The van der Waals surface area contributed by atoms with E-state index < -0.39 is 0 Å². The van der Waals surface area contributed by atoms with E-state index in [2.05, 4.69) is 33.7 Å². The van der Waals surface area contributed by atoms with Gasteiger partial charge in [0.05, 0.1) is 13.7 Å². The van der Waals surface area contributed by atoms with Gasteiger partial charge < -0.3 is 29.5 Å². The summed E-state index contributed by atoms with van der Waals surface area (Å²) in [6.45, 7) is 14.6. The fourth-order valence-corrected chi connectivity index (χ4v) is 4.88. The molecule has 3 rings (SSSR count). The minimum atomic E-state index is 0.173. The number of likely N-dealkylation sites (tertiary alicyclic amines) is 2. The lowest BCUT2D eigenvalue weighted by Crippen LogP contribution is -2.39. The maximum Gasteiger partial charge on any atom is 0.219 e. The third-order valence-corrected chi connectivity index (χ3v) is 7.18. The zero-order chi connectivity index (χ0) is 26.6. The smallest absolute Gasteiger partial charge is 0.219 e. The molecule has 0 aromatic heterocycles. The SMILES string of the molecule is C=C(/C=C\N=C(/C)Nc1ccc(OC)c(OCCCN2CCCC2)c1)N(C)CC1CCN(C(C)=O)CC1. The van der Waals surface area contributed by atoms with Crippen LogP contribution in [-0.4, -0.2) is 86.5 Å². The van der Waals surface area contributed by atoms with Crippen LogP contribution in [0.25, 0.3) is 0 Å². The molecule has 2 fully saturated rings. The van der Waals surface area contributed by atoms with E-state index in [1.807, 2.05) is 36.1 Å². The number of carbonyl (C=O) groups is 1. The predicted molar refractivity (Wildman–Crippen MR) is 151 cm³/mol. The molecule has 8 heteroatoms. The summed E-state index contributed by atoms with van der Waals surface area (Å²) in [7, 11) is 3.72. The van der Waals surface area contributed by atoms with Crippen LogP contribution in [0, 0.1) is 5.92 Å². The van der Waals surface area contributed by atoms with Crippen molar-refractivity contribution in [1.29, 1.82) is 0 Å². The van der Waals surface area contributed by atoms with Crippen molar-refractivity contribution in [3.63, 3.8) is 0 Å². The van der Waals surface area contributed by atoms with Crippen molar-refractivity contribution < 1.29 is 14.3 Å². The second kappa shape index (κ2) is 14.7. The van der Waals surface area contributed by atoms with Gasteiger partial charge in [-0.2, -0.15) is 0 Å². The number of amidine groups is 1. The quantitative estimate of drug-likeness (QED) is 0.191. The van der Waals surface area contributed by atoms with Crippen molar-refractivity contribution >= 4 is 17.4 Å². The highest BCUT2D eigenvalue weighted by Gasteiger charge is 2.21. The number of likely N-dealkylation sites (N-methyl/N-ethyl adjacent to an activating group) is 1. The average molecular weight is 512 g/mol. The van der Waals surface area contributed by atoms with Gasteiger partial charge in [0.1, 0.15) is 5.84 Å². The van der Waals surface area contributed by atoms with Gasteiger partial charge >= 0.3 is 0 Å². The molecule has 0 spiro atoms. The van der Waals surface area contributed by atoms with Crippen LogP contribution in [0.5, 0.6) is 11.5 Å². The second-order valence-corrected chi connectivity index (χ2v) is 10.1. The van der Waals surface area contributed by atoms with E-state index >= 15 is 0 Å². The van der Waals surface area contributed by atoms with Crippen molar-refractivity contribution in [1.82, 2.24) is 14.7 Å². The fraction of sp³-hybridized carbons (Fsp3) is 0.586. The number of benzene rings is 1. The molecule has 0 radical (unpaired) electrons. The summed E-state index contributed by atoms with van der Waals surface area (Å²) in [5.74, 6) is 2.99. The van der Waals surface area contributed by atoms with Gasteiger partial charge in [0.15, 0.2) is 11.5 Å². The predicted octanol–water partition coefficient (Wildman–Crippen LogP) is 4.61. The Labute approximate surface area is 223 Å². The molecular weight excluding hydrogens is 466 g/mol. The number of anilines is 1. The monoisotopic (exact) mass is 511 g/mol.